The Bertz CT molecular complexity index is 481. The molecule has 2 rings (SSSR count). The molecular formula is C15H21N3S. The molecule has 19 heavy (non-hydrogen) atoms. The van der Waals surface area contributed by atoms with Crippen LogP contribution in [0.3, 0.4) is 0 Å². The number of nitrogens with one attached hydrogen (secondary N) is 1. The van der Waals surface area contributed by atoms with E-state index in [1.807, 2.05) is 19.2 Å². The second kappa shape index (κ2) is 7.38. The molecule has 102 valence electrons. The number of nitrogens with two attached hydrogens (primary N) is 1. The van der Waals surface area contributed by atoms with Gasteiger partial charge >= 0.3 is 0 Å². The molecule has 1 heterocycles. The standard InChI is InChI=1S/C15H21N3S/c1-12-18-11-15(19-12)10-17-9-14(16)8-7-13-5-3-2-4-6-13/h2-6,11,14,17H,7-10,16H2,1H3. The van der Waals surface area contributed by atoms with Gasteiger partial charge in [-0.05, 0) is 25.3 Å². The van der Waals surface area contributed by atoms with E-state index < -0.39 is 0 Å². The van der Waals surface area contributed by atoms with Gasteiger partial charge in [0.25, 0.3) is 0 Å². The van der Waals surface area contributed by atoms with Crippen molar-refractivity contribution in [1.82, 2.24) is 10.3 Å². The highest BCUT2D eigenvalue weighted by molar-refractivity contribution is 7.11. The van der Waals surface area contributed by atoms with Crippen LogP contribution in [0.2, 0.25) is 0 Å². The van der Waals surface area contributed by atoms with Gasteiger partial charge in [-0.1, -0.05) is 30.3 Å². The molecule has 0 aliphatic carbocycles. The van der Waals surface area contributed by atoms with Gasteiger partial charge in [0.05, 0.1) is 5.01 Å². The van der Waals surface area contributed by atoms with Crippen LogP contribution in [0.5, 0.6) is 0 Å². The minimum atomic E-state index is 0.203. The van der Waals surface area contributed by atoms with Gasteiger partial charge in [0.1, 0.15) is 0 Å². The zero-order chi connectivity index (χ0) is 13.5. The first-order valence-corrected chi connectivity index (χ1v) is 7.47. The summed E-state index contributed by atoms with van der Waals surface area (Å²) in [5, 5.41) is 4.51. The largest absolute Gasteiger partial charge is 0.327 e. The van der Waals surface area contributed by atoms with Crippen LogP contribution in [0, 0.1) is 6.92 Å². The van der Waals surface area contributed by atoms with E-state index in [1.54, 1.807) is 11.3 Å². The van der Waals surface area contributed by atoms with Crippen LogP contribution in [0.1, 0.15) is 21.9 Å². The molecule has 0 radical (unpaired) electrons. The number of aryl methyl sites for hydroxylation is 2. The highest BCUT2D eigenvalue weighted by atomic mass is 32.1. The summed E-state index contributed by atoms with van der Waals surface area (Å²) < 4.78 is 0. The van der Waals surface area contributed by atoms with Crippen LogP contribution in [-0.4, -0.2) is 17.6 Å². The summed E-state index contributed by atoms with van der Waals surface area (Å²) in [6, 6.07) is 10.7. The van der Waals surface area contributed by atoms with Crippen LogP contribution in [-0.2, 0) is 13.0 Å². The molecule has 3 N–H and O–H groups in total. The van der Waals surface area contributed by atoms with Crippen LogP contribution in [0.15, 0.2) is 36.5 Å². The highest BCUT2D eigenvalue weighted by Gasteiger charge is 2.04. The molecule has 0 saturated heterocycles. The molecule has 4 heteroatoms. The maximum absolute atomic E-state index is 6.12. The Labute approximate surface area is 118 Å². The lowest BCUT2D eigenvalue weighted by Gasteiger charge is -2.12. The first-order chi connectivity index (χ1) is 9.24. The van der Waals surface area contributed by atoms with Crippen molar-refractivity contribution in [2.75, 3.05) is 6.54 Å². The van der Waals surface area contributed by atoms with Crippen LogP contribution >= 0.6 is 11.3 Å². The molecule has 1 atom stereocenters. The lowest BCUT2D eigenvalue weighted by Crippen LogP contribution is -2.33. The maximum Gasteiger partial charge on any atom is 0.0897 e. The Kier molecular flexibility index (Phi) is 5.51. The predicted molar refractivity (Wildman–Crippen MR) is 81.3 cm³/mol. The van der Waals surface area contributed by atoms with E-state index in [-0.39, 0.29) is 6.04 Å². The Morgan fingerprint density at radius 2 is 2.11 bits per heavy atom. The normalized spacial score (nSPS) is 12.5. The summed E-state index contributed by atoms with van der Waals surface area (Å²) in [6.45, 7) is 3.74. The summed E-state index contributed by atoms with van der Waals surface area (Å²) >= 11 is 1.74. The Balaban J connectivity index is 1.63. The quantitative estimate of drug-likeness (QED) is 0.816. The summed E-state index contributed by atoms with van der Waals surface area (Å²) in [7, 11) is 0. The first kappa shape index (κ1) is 14.2. The van der Waals surface area contributed by atoms with Gasteiger partial charge in [-0.25, -0.2) is 4.98 Å². The third-order valence-electron chi connectivity index (χ3n) is 3.02. The molecule has 0 amide bonds. The summed E-state index contributed by atoms with van der Waals surface area (Å²) in [6.07, 6.45) is 3.99. The number of aromatic nitrogens is 1. The molecule has 0 bridgehead atoms. The van der Waals surface area contributed by atoms with Crippen molar-refractivity contribution in [3.05, 3.63) is 52.0 Å². The molecule has 2 aromatic rings. The summed E-state index contributed by atoms with van der Waals surface area (Å²) in [5.41, 5.74) is 7.47. The van der Waals surface area contributed by atoms with Crippen molar-refractivity contribution in [3.63, 3.8) is 0 Å². The van der Waals surface area contributed by atoms with E-state index in [0.29, 0.717) is 0 Å². The number of hydrogen-bond donors (Lipinski definition) is 2. The molecule has 3 nitrogen and oxygen atoms in total. The van der Waals surface area contributed by atoms with Crippen LogP contribution < -0.4 is 11.1 Å². The molecular weight excluding hydrogens is 254 g/mol. The topological polar surface area (TPSA) is 50.9 Å². The number of benzene rings is 1. The van der Waals surface area contributed by atoms with Gasteiger partial charge in [-0.15, -0.1) is 11.3 Å². The second-order valence-corrected chi connectivity index (χ2v) is 6.08. The van der Waals surface area contributed by atoms with Gasteiger partial charge in [-0.2, -0.15) is 0 Å². The molecule has 1 aromatic carbocycles. The fourth-order valence-electron chi connectivity index (χ4n) is 1.97. The van der Waals surface area contributed by atoms with E-state index in [4.69, 9.17) is 5.73 Å². The minimum absolute atomic E-state index is 0.203. The fraction of sp³-hybridized carbons (Fsp3) is 0.400. The highest BCUT2D eigenvalue weighted by Crippen LogP contribution is 2.10. The lowest BCUT2D eigenvalue weighted by molar-refractivity contribution is 0.546. The zero-order valence-corrected chi connectivity index (χ0v) is 12.1. The SMILES string of the molecule is Cc1ncc(CNCC(N)CCc2ccccc2)s1. The van der Waals surface area contributed by atoms with Crippen molar-refractivity contribution in [2.45, 2.75) is 32.4 Å². The summed E-state index contributed by atoms with van der Waals surface area (Å²) in [5.74, 6) is 0. The first-order valence-electron chi connectivity index (χ1n) is 6.65. The number of nitrogens with zero attached hydrogens (tertiary/aromatic N) is 1. The van der Waals surface area contributed by atoms with E-state index in [2.05, 4.69) is 34.6 Å². The maximum atomic E-state index is 6.12. The van der Waals surface area contributed by atoms with Crippen molar-refractivity contribution in [2.24, 2.45) is 5.73 Å². The molecule has 0 spiro atoms. The monoisotopic (exact) mass is 275 g/mol. The number of hydrogen-bond acceptors (Lipinski definition) is 4. The molecule has 1 unspecified atom stereocenters. The smallest absolute Gasteiger partial charge is 0.0897 e. The Hall–Kier alpha value is -1.23. The average Bonchev–Trinajstić information content (AvgIpc) is 2.83. The molecule has 1 aromatic heterocycles. The zero-order valence-electron chi connectivity index (χ0n) is 11.3. The van der Waals surface area contributed by atoms with Crippen molar-refractivity contribution in [1.29, 1.82) is 0 Å². The molecule has 0 saturated carbocycles. The second-order valence-electron chi connectivity index (χ2n) is 4.76. The van der Waals surface area contributed by atoms with E-state index >= 15 is 0 Å². The van der Waals surface area contributed by atoms with Gasteiger partial charge in [0.2, 0.25) is 0 Å². The average molecular weight is 275 g/mol. The fourth-order valence-corrected chi connectivity index (χ4v) is 2.73. The van der Waals surface area contributed by atoms with E-state index in [1.165, 1.54) is 10.4 Å². The van der Waals surface area contributed by atoms with Crippen LogP contribution in [0.25, 0.3) is 0 Å². The third kappa shape index (κ3) is 5.11. The van der Waals surface area contributed by atoms with Gasteiger partial charge in [-0.3, -0.25) is 0 Å². The van der Waals surface area contributed by atoms with E-state index in [9.17, 15) is 0 Å². The van der Waals surface area contributed by atoms with Crippen molar-refractivity contribution < 1.29 is 0 Å². The number of thiazole rings is 1. The Morgan fingerprint density at radius 1 is 1.32 bits per heavy atom. The predicted octanol–water partition coefficient (Wildman–Crippen LogP) is 2.50. The minimum Gasteiger partial charge on any atom is -0.327 e. The van der Waals surface area contributed by atoms with Crippen molar-refractivity contribution >= 4 is 11.3 Å². The number of rotatable bonds is 7. The summed E-state index contributed by atoms with van der Waals surface area (Å²) in [4.78, 5) is 5.51. The lowest BCUT2D eigenvalue weighted by atomic mass is 10.1. The third-order valence-corrected chi connectivity index (χ3v) is 3.93. The molecule has 0 fully saturated rings. The Morgan fingerprint density at radius 3 is 2.79 bits per heavy atom. The van der Waals surface area contributed by atoms with Gasteiger partial charge in [0, 0.05) is 30.2 Å². The van der Waals surface area contributed by atoms with E-state index in [0.717, 1.165) is 30.9 Å². The molecule has 0 aliphatic rings. The van der Waals surface area contributed by atoms with Gasteiger partial charge < -0.3 is 11.1 Å². The molecule has 0 aliphatic heterocycles. The van der Waals surface area contributed by atoms with Crippen LogP contribution in [0.4, 0.5) is 0 Å². The van der Waals surface area contributed by atoms with Crippen molar-refractivity contribution in [3.8, 4) is 0 Å². The van der Waals surface area contributed by atoms with Gasteiger partial charge in [0.15, 0.2) is 0 Å².